The molecule has 0 aliphatic rings. The van der Waals surface area contributed by atoms with Gasteiger partial charge in [-0.05, 0) is 52.3 Å². The van der Waals surface area contributed by atoms with Gasteiger partial charge in [0.2, 0.25) is 0 Å². The Morgan fingerprint density at radius 3 is 2.52 bits per heavy atom. The van der Waals surface area contributed by atoms with Crippen molar-refractivity contribution in [1.82, 2.24) is 15.1 Å². The zero-order chi connectivity index (χ0) is 18.6. The predicted octanol–water partition coefficient (Wildman–Crippen LogP) is 3.25. The monoisotopic (exact) mass is 344 g/mol. The largest absolute Gasteiger partial charge is 0.481 e. The van der Waals surface area contributed by atoms with Crippen LogP contribution in [-0.2, 0) is 4.79 Å². The van der Waals surface area contributed by atoms with Gasteiger partial charge in [-0.3, -0.25) is 4.79 Å². The minimum Gasteiger partial charge on any atom is -0.481 e. The van der Waals surface area contributed by atoms with E-state index in [1.165, 1.54) is 0 Å². The maximum atomic E-state index is 12.3. The van der Waals surface area contributed by atoms with Crippen molar-refractivity contribution in [2.45, 2.75) is 46.1 Å². The number of carbonyl (C=O) groups is 2. The fraction of sp³-hybridized carbons (Fsp3) is 0.389. The molecule has 1 heterocycles. The van der Waals surface area contributed by atoms with Crippen molar-refractivity contribution in [3.05, 3.63) is 41.7 Å². The Morgan fingerprint density at radius 1 is 1.24 bits per heavy atom. The molecule has 7 nitrogen and oxygen atoms in total. The second kappa shape index (κ2) is 7.38. The lowest BCUT2D eigenvalue weighted by atomic mass is 9.99. The minimum absolute atomic E-state index is 0.00434. The SMILES string of the molecule is Cc1cc(C)n(-c2ccccc2NC(=O)NC(C)(C)CCC(=O)O)n1. The lowest BCUT2D eigenvalue weighted by Crippen LogP contribution is -2.45. The van der Waals surface area contributed by atoms with Gasteiger partial charge < -0.3 is 15.7 Å². The first-order valence-corrected chi connectivity index (χ1v) is 8.11. The number of benzene rings is 1. The maximum absolute atomic E-state index is 12.3. The Labute approximate surface area is 147 Å². The van der Waals surface area contributed by atoms with E-state index in [4.69, 9.17) is 5.11 Å². The lowest BCUT2D eigenvalue weighted by molar-refractivity contribution is -0.137. The average Bonchev–Trinajstić information content (AvgIpc) is 2.84. The fourth-order valence-corrected chi connectivity index (χ4v) is 2.58. The number of nitrogens with zero attached hydrogens (tertiary/aromatic N) is 2. The second-order valence-corrected chi connectivity index (χ2v) is 6.71. The first kappa shape index (κ1) is 18.5. The van der Waals surface area contributed by atoms with Crippen LogP contribution >= 0.6 is 0 Å². The molecule has 0 bridgehead atoms. The van der Waals surface area contributed by atoms with Gasteiger partial charge in [0.25, 0.3) is 0 Å². The van der Waals surface area contributed by atoms with Crippen LogP contribution in [0.5, 0.6) is 0 Å². The van der Waals surface area contributed by atoms with Crippen molar-refractivity contribution in [2.24, 2.45) is 0 Å². The highest BCUT2D eigenvalue weighted by Gasteiger charge is 2.22. The zero-order valence-corrected chi connectivity index (χ0v) is 15.0. The lowest BCUT2D eigenvalue weighted by Gasteiger charge is -2.26. The molecule has 0 atom stereocenters. The minimum atomic E-state index is -0.884. The van der Waals surface area contributed by atoms with Gasteiger partial charge in [-0.25, -0.2) is 9.48 Å². The predicted molar refractivity (Wildman–Crippen MR) is 96.1 cm³/mol. The number of carbonyl (C=O) groups excluding carboxylic acids is 1. The summed E-state index contributed by atoms with van der Waals surface area (Å²) in [6.07, 6.45) is 0.338. The van der Waals surface area contributed by atoms with E-state index in [2.05, 4.69) is 15.7 Å². The Kier molecular flexibility index (Phi) is 5.46. The Balaban J connectivity index is 2.14. The summed E-state index contributed by atoms with van der Waals surface area (Å²) in [7, 11) is 0. The summed E-state index contributed by atoms with van der Waals surface area (Å²) in [4.78, 5) is 23.1. The van der Waals surface area contributed by atoms with E-state index in [1.807, 2.05) is 38.1 Å². The molecule has 1 aromatic carbocycles. The molecule has 0 spiro atoms. The molecule has 0 fully saturated rings. The van der Waals surface area contributed by atoms with Crippen molar-refractivity contribution in [3.8, 4) is 5.69 Å². The number of hydrogen-bond acceptors (Lipinski definition) is 3. The molecule has 0 radical (unpaired) electrons. The molecule has 0 aliphatic heterocycles. The summed E-state index contributed by atoms with van der Waals surface area (Å²) in [6, 6.07) is 8.97. The van der Waals surface area contributed by atoms with E-state index in [-0.39, 0.29) is 12.5 Å². The van der Waals surface area contributed by atoms with Gasteiger partial charge in [-0.2, -0.15) is 5.10 Å². The van der Waals surface area contributed by atoms with Crippen LogP contribution in [0.2, 0.25) is 0 Å². The number of aliphatic carboxylic acids is 1. The van der Waals surface area contributed by atoms with E-state index in [1.54, 1.807) is 24.6 Å². The van der Waals surface area contributed by atoms with Crippen molar-refractivity contribution in [2.75, 3.05) is 5.32 Å². The number of urea groups is 1. The van der Waals surface area contributed by atoms with E-state index < -0.39 is 11.5 Å². The summed E-state index contributed by atoms with van der Waals surface area (Å²) in [5, 5.41) is 18.9. The normalized spacial score (nSPS) is 11.2. The van der Waals surface area contributed by atoms with Gasteiger partial charge >= 0.3 is 12.0 Å². The molecule has 134 valence electrons. The van der Waals surface area contributed by atoms with Gasteiger partial charge in [-0.15, -0.1) is 0 Å². The molecule has 2 amide bonds. The Hall–Kier alpha value is -2.83. The summed E-state index contributed by atoms with van der Waals surface area (Å²) in [5.41, 5.74) is 2.63. The molecule has 0 aliphatic carbocycles. The van der Waals surface area contributed by atoms with Crippen LogP contribution < -0.4 is 10.6 Å². The number of hydrogen-bond donors (Lipinski definition) is 3. The van der Waals surface area contributed by atoms with Gasteiger partial charge in [0.1, 0.15) is 0 Å². The maximum Gasteiger partial charge on any atom is 0.319 e. The number of amides is 2. The second-order valence-electron chi connectivity index (χ2n) is 6.71. The van der Waals surface area contributed by atoms with Crippen LogP contribution in [0.4, 0.5) is 10.5 Å². The van der Waals surface area contributed by atoms with E-state index >= 15 is 0 Å². The zero-order valence-electron chi connectivity index (χ0n) is 15.0. The number of anilines is 1. The van der Waals surface area contributed by atoms with Crippen LogP contribution in [0, 0.1) is 13.8 Å². The Bertz CT molecular complexity index is 780. The third-order valence-electron chi connectivity index (χ3n) is 3.81. The van der Waals surface area contributed by atoms with Crippen LogP contribution in [0.25, 0.3) is 5.69 Å². The quantitative estimate of drug-likeness (QED) is 0.749. The van der Waals surface area contributed by atoms with E-state index in [9.17, 15) is 9.59 Å². The smallest absolute Gasteiger partial charge is 0.319 e. The molecule has 0 unspecified atom stereocenters. The molecule has 25 heavy (non-hydrogen) atoms. The average molecular weight is 344 g/mol. The van der Waals surface area contributed by atoms with Gasteiger partial charge in [0.15, 0.2) is 0 Å². The number of carboxylic acid groups (broad SMARTS) is 1. The molecule has 3 N–H and O–H groups in total. The van der Waals surface area contributed by atoms with Crippen molar-refractivity contribution in [1.29, 1.82) is 0 Å². The molecule has 0 saturated heterocycles. The molecule has 7 heteroatoms. The van der Waals surface area contributed by atoms with Crippen LogP contribution in [-0.4, -0.2) is 32.4 Å². The highest BCUT2D eigenvalue weighted by atomic mass is 16.4. The standard InChI is InChI=1S/C18H24N4O3/c1-12-11-13(2)22(21-12)15-8-6-5-7-14(15)19-17(25)20-18(3,4)10-9-16(23)24/h5-8,11H,9-10H2,1-4H3,(H,23,24)(H2,19,20,25). The van der Waals surface area contributed by atoms with E-state index in [0.29, 0.717) is 12.1 Å². The highest BCUT2D eigenvalue weighted by molar-refractivity contribution is 5.92. The molecular weight excluding hydrogens is 320 g/mol. The van der Waals surface area contributed by atoms with E-state index in [0.717, 1.165) is 17.1 Å². The summed E-state index contributed by atoms with van der Waals surface area (Å²) in [6.45, 7) is 7.45. The van der Waals surface area contributed by atoms with Crippen molar-refractivity contribution in [3.63, 3.8) is 0 Å². The summed E-state index contributed by atoms with van der Waals surface area (Å²) < 4.78 is 1.78. The van der Waals surface area contributed by atoms with Crippen LogP contribution in [0.3, 0.4) is 0 Å². The van der Waals surface area contributed by atoms with Crippen LogP contribution in [0.1, 0.15) is 38.1 Å². The first-order valence-electron chi connectivity index (χ1n) is 8.11. The number of aromatic nitrogens is 2. The van der Waals surface area contributed by atoms with Crippen LogP contribution in [0.15, 0.2) is 30.3 Å². The van der Waals surface area contributed by atoms with Gasteiger partial charge in [-0.1, -0.05) is 12.1 Å². The molecule has 0 saturated carbocycles. The highest BCUT2D eigenvalue weighted by Crippen LogP contribution is 2.22. The first-order chi connectivity index (χ1) is 11.7. The molecular formula is C18H24N4O3. The molecule has 2 rings (SSSR count). The third kappa shape index (κ3) is 5.07. The third-order valence-corrected chi connectivity index (χ3v) is 3.81. The van der Waals surface area contributed by atoms with Crippen molar-refractivity contribution >= 4 is 17.7 Å². The number of carboxylic acids is 1. The van der Waals surface area contributed by atoms with Gasteiger partial charge in [0, 0.05) is 17.7 Å². The topological polar surface area (TPSA) is 96.2 Å². The molecule has 1 aromatic heterocycles. The van der Waals surface area contributed by atoms with Gasteiger partial charge in [0.05, 0.1) is 17.1 Å². The molecule has 2 aromatic rings. The number of nitrogens with one attached hydrogen (secondary N) is 2. The summed E-state index contributed by atoms with van der Waals surface area (Å²) >= 11 is 0. The number of para-hydroxylation sites is 2. The number of aryl methyl sites for hydroxylation is 2. The summed E-state index contributed by atoms with van der Waals surface area (Å²) in [5.74, 6) is -0.884. The number of rotatable bonds is 6. The van der Waals surface area contributed by atoms with Crippen molar-refractivity contribution < 1.29 is 14.7 Å². The fourth-order valence-electron chi connectivity index (χ4n) is 2.58. The Morgan fingerprint density at radius 2 is 1.92 bits per heavy atom.